The first-order valence-corrected chi connectivity index (χ1v) is 10.9. The normalized spacial score (nSPS) is 11.0. The summed E-state index contributed by atoms with van der Waals surface area (Å²) in [4.78, 5) is 19.8. The van der Waals surface area contributed by atoms with Gasteiger partial charge in [-0.2, -0.15) is 0 Å². The number of benzene rings is 2. The van der Waals surface area contributed by atoms with Gasteiger partial charge in [0.2, 0.25) is 11.9 Å². The molecule has 156 valence electrons. The zero-order chi connectivity index (χ0) is 21.4. The molecule has 0 bridgehead atoms. The number of anilines is 2. The van der Waals surface area contributed by atoms with Crippen LogP contribution in [0.25, 0.3) is 0 Å². The van der Waals surface area contributed by atoms with Crippen LogP contribution in [0.5, 0.6) is 5.75 Å². The van der Waals surface area contributed by atoms with Crippen LogP contribution in [-0.2, 0) is 14.8 Å². The Balaban J connectivity index is 1.46. The van der Waals surface area contributed by atoms with E-state index in [2.05, 4.69) is 20.0 Å². The standard InChI is InChI=1S/C20H19ClN4O4S/c21-15-4-8-17(9-5-15)29-14-1-3-19(26)24-16-6-10-18(11-7-16)30(27,28)25-20-22-12-2-13-23-20/h2,4-13H,1,3,14H2,(H,24,26)(H,22,23,25). The minimum atomic E-state index is -3.82. The van der Waals surface area contributed by atoms with Crippen LogP contribution in [0, 0.1) is 0 Å². The van der Waals surface area contributed by atoms with E-state index < -0.39 is 10.0 Å². The van der Waals surface area contributed by atoms with E-state index in [0.29, 0.717) is 29.5 Å². The van der Waals surface area contributed by atoms with Crippen molar-refractivity contribution in [3.8, 4) is 5.75 Å². The van der Waals surface area contributed by atoms with E-state index in [0.717, 1.165) is 0 Å². The van der Waals surface area contributed by atoms with Gasteiger partial charge in [-0.15, -0.1) is 0 Å². The predicted molar refractivity (Wildman–Crippen MR) is 114 cm³/mol. The SMILES string of the molecule is O=C(CCCOc1ccc(Cl)cc1)Nc1ccc(S(=O)(=O)Nc2ncccn2)cc1. The Morgan fingerprint density at radius 3 is 2.33 bits per heavy atom. The van der Waals surface area contributed by atoms with Gasteiger partial charge in [0.05, 0.1) is 11.5 Å². The Morgan fingerprint density at radius 2 is 1.67 bits per heavy atom. The lowest BCUT2D eigenvalue weighted by Gasteiger charge is -2.09. The van der Waals surface area contributed by atoms with Gasteiger partial charge < -0.3 is 10.1 Å². The number of nitrogens with one attached hydrogen (secondary N) is 2. The van der Waals surface area contributed by atoms with Gasteiger partial charge in [0.1, 0.15) is 5.75 Å². The van der Waals surface area contributed by atoms with Crippen LogP contribution in [0.2, 0.25) is 5.02 Å². The summed E-state index contributed by atoms with van der Waals surface area (Å²) < 4.78 is 32.5. The molecule has 0 saturated heterocycles. The van der Waals surface area contributed by atoms with E-state index in [4.69, 9.17) is 16.3 Å². The Labute approximate surface area is 179 Å². The lowest BCUT2D eigenvalue weighted by atomic mass is 10.2. The molecule has 30 heavy (non-hydrogen) atoms. The number of hydrogen-bond acceptors (Lipinski definition) is 6. The van der Waals surface area contributed by atoms with Crippen molar-refractivity contribution in [3.63, 3.8) is 0 Å². The minimum absolute atomic E-state index is 0.0179. The fourth-order valence-electron chi connectivity index (χ4n) is 2.43. The zero-order valence-corrected chi connectivity index (χ0v) is 17.4. The molecule has 10 heteroatoms. The van der Waals surface area contributed by atoms with Crippen molar-refractivity contribution in [3.05, 3.63) is 72.0 Å². The molecule has 1 amide bonds. The summed E-state index contributed by atoms with van der Waals surface area (Å²) in [6, 6.07) is 14.4. The molecule has 0 saturated carbocycles. The summed E-state index contributed by atoms with van der Waals surface area (Å²) in [7, 11) is -3.82. The van der Waals surface area contributed by atoms with Crippen LogP contribution in [0.15, 0.2) is 71.9 Å². The lowest BCUT2D eigenvalue weighted by molar-refractivity contribution is -0.116. The van der Waals surface area contributed by atoms with Crippen LogP contribution in [0.1, 0.15) is 12.8 Å². The third-order valence-electron chi connectivity index (χ3n) is 3.87. The lowest BCUT2D eigenvalue weighted by Crippen LogP contribution is -2.15. The summed E-state index contributed by atoms with van der Waals surface area (Å²) in [6.45, 7) is 0.388. The molecule has 3 aromatic rings. The number of aromatic nitrogens is 2. The highest BCUT2D eigenvalue weighted by atomic mass is 35.5. The maximum absolute atomic E-state index is 12.3. The number of amides is 1. The molecule has 0 fully saturated rings. The first kappa shape index (κ1) is 21.5. The van der Waals surface area contributed by atoms with Crippen molar-refractivity contribution >= 4 is 39.2 Å². The second kappa shape index (κ2) is 10.0. The molecule has 1 heterocycles. The Kier molecular flexibility index (Phi) is 7.21. The first-order chi connectivity index (χ1) is 14.4. The quantitative estimate of drug-likeness (QED) is 0.484. The summed E-state index contributed by atoms with van der Waals surface area (Å²) in [6.07, 6.45) is 3.66. The van der Waals surface area contributed by atoms with Crippen molar-refractivity contribution in [2.45, 2.75) is 17.7 Å². The van der Waals surface area contributed by atoms with Crippen molar-refractivity contribution in [2.75, 3.05) is 16.6 Å². The Bertz CT molecular complexity index is 1080. The molecular weight excluding hydrogens is 428 g/mol. The van der Waals surface area contributed by atoms with Crippen LogP contribution in [0.3, 0.4) is 0 Å². The van der Waals surface area contributed by atoms with E-state index in [1.165, 1.54) is 36.7 Å². The van der Waals surface area contributed by atoms with Gasteiger partial charge in [0, 0.05) is 29.5 Å². The van der Waals surface area contributed by atoms with E-state index >= 15 is 0 Å². The van der Waals surface area contributed by atoms with Gasteiger partial charge in [-0.25, -0.2) is 23.1 Å². The molecule has 0 radical (unpaired) electrons. The maximum atomic E-state index is 12.3. The number of hydrogen-bond donors (Lipinski definition) is 2. The Morgan fingerprint density at radius 1 is 1.00 bits per heavy atom. The zero-order valence-electron chi connectivity index (χ0n) is 15.8. The molecular formula is C20H19ClN4O4S. The van der Waals surface area contributed by atoms with Crippen molar-refractivity contribution < 1.29 is 17.9 Å². The molecule has 0 unspecified atom stereocenters. The molecule has 0 aliphatic heterocycles. The highest BCUT2D eigenvalue weighted by Crippen LogP contribution is 2.17. The maximum Gasteiger partial charge on any atom is 0.264 e. The molecule has 0 aliphatic rings. The van der Waals surface area contributed by atoms with E-state index in [1.54, 1.807) is 30.3 Å². The minimum Gasteiger partial charge on any atom is -0.494 e. The van der Waals surface area contributed by atoms with Gasteiger partial charge in [-0.05, 0) is 61.0 Å². The number of nitrogens with zero attached hydrogens (tertiary/aromatic N) is 2. The van der Waals surface area contributed by atoms with Crippen molar-refractivity contribution in [1.82, 2.24) is 9.97 Å². The first-order valence-electron chi connectivity index (χ1n) is 9.00. The van der Waals surface area contributed by atoms with E-state index in [1.807, 2.05) is 0 Å². The second-order valence-corrected chi connectivity index (χ2v) is 8.28. The molecule has 2 aromatic carbocycles. The second-order valence-electron chi connectivity index (χ2n) is 6.16. The predicted octanol–water partition coefficient (Wildman–Crippen LogP) is 3.73. The molecule has 0 aliphatic carbocycles. The van der Waals surface area contributed by atoms with Crippen molar-refractivity contribution in [2.24, 2.45) is 0 Å². The Hall–Kier alpha value is -3.17. The molecule has 2 N–H and O–H groups in total. The van der Waals surface area contributed by atoms with Gasteiger partial charge in [0.15, 0.2) is 0 Å². The molecule has 0 atom stereocenters. The number of halogens is 1. The van der Waals surface area contributed by atoms with Crippen LogP contribution >= 0.6 is 11.6 Å². The number of carbonyl (C=O) groups is 1. The number of sulfonamides is 1. The van der Waals surface area contributed by atoms with Crippen molar-refractivity contribution in [1.29, 1.82) is 0 Å². The summed E-state index contributed by atoms with van der Waals surface area (Å²) in [5, 5.41) is 3.35. The number of rotatable bonds is 9. The molecule has 8 nitrogen and oxygen atoms in total. The molecule has 3 rings (SSSR count). The van der Waals surface area contributed by atoms with E-state index in [9.17, 15) is 13.2 Å². The van der Waals surface area contributed by atoms with Crippen LogP contribution in [0.4, 0.5) is 11.6 Å². The topological polar surface area (TPSA) is 110 Å². The van der Waals surface area contributed by atoms with Gasteiger partial charge >= 0.3 is 0 Å². The smallest absolute Gasteiger partial charge is 0.264 e. The fraction of sp³-hybridized carbons (Fsp3) is 0.150. The molecule has 0 spiro atoms. The van der Waals surface area contributed by atoms with Gasteiger partial charge in [-0.1, -0.05) is 11.6 Å². The van der Waals surface area contributed by atoms with Crippen LogP contribution in [-0.4, -0.2) is 30.9 Å². The fourth-order valence-corrected chi connectivity index (χ4v) is 3.51. The van der Waals surface area contributed by atoms with Gasteiger partial charge in [-0.3, -0.25) is 4.79 Å². The monoisotopic (exact) mass is 446 g/mol. The summed E-state index contributed by atoms with van der Waals surface area (Å²) >= 11 is 5.81. The highest BCUT2D eigenvalue weighted by Gasteiger charge is 2.15. The highest BCUT2D eigenvalue weighted by molar-refractivity contribution is 7.92. The summed E-state index contributed by atoms with van der Waals surface area (Å²) in [5.74, 6) is 0.475. The summed E-state index contributed by atoms with van der Waals surface area (Å²) in [5.41, 5.74) is 0.494. The van der Waals surface area contributed by atoms with Crippen LogP contribution < -0.4 is 14.8 Å². The average molecular weight is 447 g/mol. The largest absolute Gasteiger partial charge is 0.494 e. The van der Waals surface area contributed by atoms with Gasteiger partial charge in [0.25, 0.3) is 10.0 Å². The third kappa shape index (κ3) is 6.43. The average Bonchev–Trinajstić information content (AvgIpc) is 2.73. The van der Waals surface area contributed by atoms with E-state index in [-0.39, 0.29) is 23.2 Å². The number of carbonyl (C=O) groups excluding carboxylic acids is 1. The third-order valence-corrected chi connectivity index (χ3v) is 5.47. The molecule has 1 aromatic heterocycles. The number of ether oxygens (including phenoxy) is 1.